The Bertz CT molecular complexity index is 1190. The SMILES string of the molecule is Cc1ccccc1-c1nn(-c2ccc([N+](=O)[O-])cc2[N+](=O)[O-])cc1C1NNC(=S)N1. The van der Waals surface area contributed by atoms with E-state index < -0.39 is 21.7 Å². The van der Waals surface area contributed by atoms with E-state index in [1.165, 1.54) is 16.8 Å². The molecule has 1 aliphatic heterocycles. The van der Waals surface area contributed by atoms with Crippen molar-refractivity contribution in [3.05, 3.63) is 80.0 Å². The van der Waals surface area contributed by atoms with Gasteiger partial charge < -0.3 is 5.32 Å². The summed E-state index contributed by atoms with van der Waals surface area (Å²) in [5.41, 5.74) is 8.24. The molecular formula is C18H15N7O4S. The highest BCUT2D eigenvalue weighted by Crippen LogP contribution is 2.33. The largest absolute Gasteiger partial charge is 0.341 e. The molecule has 1 aromatic heterocycles. The topological polar surface area (TPSA) is 140 Å². The van der Waals surface area contributed by atoms with E-state index in [-0.39, 0.29) is 11.4 Å². The molecule has 1 saturated heterocycles. The van der Waals surface area contributed by atoms with Gasteiger partial charge in [0.2, 0.25) is 0 Å². The third-order valence-corrected chi connectivity index (χ3v) is 4.89. The monoisotopic (exact) mass is 425 g/mol. The van der Waals surface area contributed by atoms with Crippen molar-refractivity contribution in [1.29, 1.82) is 0 Å². The molecule has 2 aromatic carbocycles. The molecule has 3 N–H and O–H groups in total. The van der Waals surface area contributed by atoms with Gasteiger partial charge in [-0.15, -0.1) is 0 Å². The lowest BCUT2D eigenvalue weighted by Crippen LogP contribution is -2.26. The van der Waals surface area contributed by atoms with Gasteiger partial charge in [0.15, 0.2) is 5.11 Å². The molecule has 4 rings (SSSR count). The molecule has 11 nitrogen and oxygen atoms in total. The van der Waals surface area contributed by atoms with E-state index in [1.807, 2.05) is 31.2 Å². The zero-order valence-electron chi connectivity index (χ0n) is 15.5. The number of nitro benzene ring substituents is 2. The second-order valence-electron chi connectivity index (χ2n) is 6.56. The molecule has 0 spiro atoms. The molecule has 1 aliphatic rings. The smallest absolute Gasteiger partial charge is 0.301 e. The first-order valence-corrected chi connectivity index (χ1v) is 9.17. The number of hydrogen-bond donors (Lipinski definition) is 3. The lowest BCUT2D eigenvalue weighted by atomic mass is 10.0. The molecule has 30 heavy (non-hydrogen) atoms. The molecule has 0 bridgehead atoms. The number of hydrazine groups is 1. The van der Waals surface area contributed by atoms with Gasteiger partial charge in [0, 0.05) is 23.4 Å². The van der Waals surface area contributed by atoms with Crippen molar-refractivity contribution >= 4 is 28.7 Å². The van der Waals surface area contributed by atoms with Gasteiger partial charge in [-0.05, 0) is 30.8 Å². The second kappa shape index (κ2) is 7.50. The highest BCUT2D eigenvalue weighted by molar-refractivity contribution is 7.80. The summed E-state index contributed by atoms with van der Waals surface area (Å²) in [4.78, 5) is 21.3. The van der Waals surface area contributed by atoms with E-state index in [4.69, 9.17) is 12.2 Å². The highest BCUT2D eigenvalue weighted by atomic mass is 32.1. The first-order valence-electron chi connectivity index (χ1n) is 8.76. The van der Waals surface area contributed by atoms with Crippen molar-refractivity contribution in [3.8, 4) is 16.9 Å². The average Bonchev–Trinajstić information content (AvgIpc) is 3.34. The van der Waals surface area contributed by atoms with Gasteiger partial charge in [-0.25, -0.2) is 10.1 Å². The lowest BCUT2D eigenvalue weighted by molar-refractivity contribution is -0.394. The summed E-state index contributed by atoms with van der Waals surface area (Å²) in [6.07, 6.45) is 1.22. The fraction of sp³-hybridized carbons (Fsp3) is 0.111. The Morgan fingerprint density at radius 2 is 1.90 bits per heavy atom. The molecule has 0 aliphatic carbocycles. The molecule has 3 aromatic rings. The van der Waals surface area contributed by atoms with Crippen LogP contribution in [0.1, 0.15) is 17.3 Å². The van der Waals surface area contributed by atoms with Gasteiger partial charge >= 0.3 is 5.69 Å². The lowest BCUT2D eigenvalue weighted by Gasteiger charge is -2.11. The Kier molecular flexibility index (Phi) is 4.85. The van der Waals surface area contributed by atoms with Crippen molar-refractivity contribution in [2.75, 3.05) is 0 Å². The maximum Gasteiger partial charge on any atom is 0.301 e. The van der Waals surface area contributed by atoms with Crippen LogP contribution in [0, 0.1) is 27.2 Å². The predicted molar refractivity (Wildman–Crippen MR) is 112 cm³/mol. The number of hydrogen-bond acceptors (Lipinski definition) is 7. The number of nitro groups is 2. The van der Waals surface area contributed by atoms with Gasteiger partial charge in [0.25, 0.3) is 5.69 Å². The van der Waals surface area contributed by atoms with Crippen LogP contribution >= 0.6 is 12.2 Å². The van der Waals surface area contributed by atoms with Gasteiger partial charge in [-0.1, -0.05) is 24.3 Å². The quantitative estimate of drug-likeness (QED) is 0.320. The van der Waals surface area contributed by atoms with Gasteiger partial charge in [-0.3, -0.25) is 25.7 Å². The summed E-state index contributed by atoms with van der Waals surface area (Å²) in [6, 6.07) is 11.1. The zero-order valence-corrected chi connectivity index (χ0v) is 16.3. The van der Waals surface area contributed by atoms with E-state index in [9.17, 15) is 20.2 Å². The van der Waals surface area contributed by atoms with Crippen molar-refractivity contribution in [1.82, 2.24) is 25.9 Å². The predicted octanol–water partition coefficient (Wildman–Crippen LogP) is 2.65. The summed E-state index contributed by atoms with van der Waals surface area (Å²) < 4.78 is 1.35. The Morgan fingerprint density at radius 1 is 1.13 bits per heavy atom. The molecule has 0 radical (unpaired) electrons. The molecule has 1 unspecified atom stereocenters. The first-order chi connectivity index (χ1) is 14.3. The minimum atomic E-state index is -0.678. The van der Waals surface area contributed by atoms with Crippen LogP contribution in [0.5, 0.6) is 0 Å². The second-order valence-corrected chi connectivity index (χ2v) is 6.96. The van der Waals surface area contributed by atoms with Crippen LogP contribution in [0.15, 0.2) is 48.7 Å². The molecule has 0 saturated carbocycles. The molecule has 12 heteroatoms. The van der Waals surface area contributed by atoms with E-state index >= 15 is 0 Å². The van der Waals surface area contributed by atoms with Crippen LogP contribution in [0.25, 0.3) is 16.9 Å². The van der Waals surface area contributed by atoms with Crippen molar-refractivity contribution < 1.29 is 9.85 Å². The van der Waals surface area contributed by atoms with Crippen LogP contribution in [0.2, 0.25) is 0 Å². The van der Waals surface area contributed by atoms with Crippen LogP contribution < -0.4 is 16.2 Å². The minimum Gasteiger partial charge on any atom is -0.341 e. The van der Waals surface area contributed by atoms with Crippen LogP contribution in [-0.2, 0) is 0 Å². The summed E-state index contributed by atoms with van der Waals surface area (Å²) >= 11 is 5.11. The van der Waals surface area contributed by atoms with Crippen molar-refractivity contribution in [2.24, 2.45) is 0 Å². The standard InChI is InChI=1S/C18H15N7O4S/c1-10-4-2-3-5-12(10)16-13(17-19-18(30)21-20-17)9-23(22-16)14-7-6-11(24(26)27)8-15(14)25(28)29/h2-9,17,20H,1H3,(H2,19,21,30). The van der Waals surface area contributed by atoms with Crippen LogP contribution in [-0.4, -0.2) is 24.7 Å². The minimum absolute atomic E-state index is 0.111. The Morgan fingerprint density at radius 3 is 2.53 bits per heavy atom. The van der Waals surface area contributed by atoms with E-state index in [0.29, 0.717) is 16.4 Å². The summed E-state index contributed by atoms with van der Waals surface area (Å²) in [7, 11) is 0. The summed E-state index contributed by atoms with van der Waals surface area (Å²) in [6.45, 7) is 1.94. The number of nitrogens with one attached hydrogen (secondary N) is 3. The maximum absolute atomic E-state index is 11.6. The Balaban J connectivity index is 1.90. The number of nitrogens with zero attached hydrogens (tertiary/aromatic N) is 4. The highest BCUT2D eigenvalue weighted by Gasteiger charge is 2.28. The molecular weight excluding hydrogens is 410 g/mol. The number of rotatable bonds is 5. The summed E-state index contributed by atoms with van der Waals surface area (Å²) in [5.74, 6) is 0. The molecule has 152 valence electrons. The fourth-order valence-corrected chi connectivity index (χ4v) is 3.41. The third-order valence-electron chi connectivity index (χ3n) is 4.67. The van der Waals surface area contributed by atoms with Gasteiger partial charge in [0.1, 0.15) is 11.9 Å². The van der Waals surface area contributed by atoms with E-state index in [1.54, 1.807) is 6.20 Å². The Hall–Kier alpha value is -3.90. The maximum atomic E-state index is 11.6. The number of benzene rings is 2. The molecule has 2 heterocycles. The van der Waals surface area contributed by atoms with Crippen LogP contribution in [0.4, 0.5) is 11.4 Å². The van der Waals surface area contributed by atoms with Gasteiger partial charge in [0.05, 0.1) is 21.6 Å². The fourth-order valence-electron chi connectivity index (χ4n) is 3.23. The van der Waals surface area contributed by atoms with E-state index in [0.717, 1.165) is 17.2 Å². The van der Waals surface area contributed by atoms with Crippen molar-refractivity contribution in [3.63, 3.8) is 0 Å². The molecule has 0 amide bonds. The zero-order chi connectivity index (χ0) is 21.4. The number of aryl methyl sites for hydroxylation is 1. The molecule has 1 atom stereocenters. The van der Waals surface area contributed by atoms with Crippen LogP contribution in [0.3, 0.4) is 0 Å². The molecule has 1 fully saturated rings. The van der Waals surface area contributed by atoms with E-state index in [2.05, 4.69) is 21.3 Å². The Labute approximate surface area is 175 Å². The van der Waals surface area contributed by atoms with Gasteiger partial charge in [-0.2, -0.15) is 5.10 Å². The number of thiocarbonyl (C=S) groups is 1. The number of non-ortho nitro benzene ring substituents is 1. The first kappa shape index (κ1) is 19.4. The average molecular weight is 425 g/mol. The van der Waals surface area contributed by atoms with Crippen molar-refractivity contribution in [2.45, 2.75) is 13.1 Å². The summed E-state index contributed by atoms with van der Waals surface area (Å²) in [5, 5.41) is 30.7. The normalized spacial score (nSPS) is 15.5. The third kappa shape index (κ3) is 3.44. The number of aromatic nitrogens is 2.